The van der Waals surface area contributed by atoms with E-state index in [9.17, 15) is 0 Å². The van der Waals surface area contributed by atoms with E-state index in [1.54, 1.807) is 0 Å². The lowest BCUT2D eigenvalue weighted by atomic mass is 10.00. The van der Waals surface area contributed by atoms with Gasteiger partial charge in [0, 0.05) is 43.3 Å². The highest BCUT2D eigenvalue weighted by atomic mass is 15.1. The van der Waals surface area contributed by atoms with E-state index in [1.165, 1.54) is 81.2 Å². The third-order valence-corrected chi connectivity index (χ3v) is 11.8. The first-order valence-corrected chi connectivity index (χ1v) is 18.5. The molecule has 4 heteroatoms. The Morgan fingerprint density at radius 1 is 0.352 bits per heavy atom. The van der Waals surface area contributed by atoms with Crippen LogP contribution < -0.4 is 0 Å². The molecule has 4 nitrogen and oxygen atoms in total. The van der Waals surface area contributed by atoms with Crippen molar-refractivity contribution in [1.29, 1.82) is 0 Å². The fourth-order valence-corrected chi connectivity index (χ4v) is 9.43. The van der Waals surface area contributed by atoms with Gasteiger partial charge in [0.15, 0.2) is 5.82 Å². The molecule has 0 saturated carbocycles. The summed E-state index contributed by atoms with van der Waals surface area (Å²) < 4.78 is 4.89. The molecule has 13 rings (SSSR count). The number of rotatable bonds is 2. The minimum Gasteiger partial charge on any atom is -0.308 e. The van der Waals surface area contributed by atoms with Crippen molar-refractivity contribution in [2.24, 2.45) is 0 Å². The predicted molar refractivity (Wildman–Crippen MR) is 226 cm³/mol. The van der Waals surface area contributed by atoms with E-state index in [4.69, 9.17) is 9.97 Å². The molecule has 0 radical (unpaired) electrons. The van der Waals surface area contributed by atoms with Gasteiger partial charge >= 0.3 is 0 Å². The smallest absolute Gasteiger partial charge is 0.162 e. The van der Waals surface area contributed by atoms with E-state index in [2.05, 4.69) is 179 Å². The Hall–Kier alpha value is -7.30. The number of fused-ring (bicyclic) bond motifs is 15. The fourth-order valence-electron chi connectivity index (χ4n) is 9.43. The van der Waals surface area contributed by atoms with Crippen LogP contribution in [0.2, 0.25) is 0 Å². The molecule has 4 heterocycles. The monoisotopic (exact) mass is 684 g/mol. The number of hydrogen-bond donors (Lipinski definition) is 0. The molecule has 0 amide bonds. The first kappa shape index (κ1) is 28.3. The van der Waals surface area contributed by atoms with Crippen LogP contribution in [0.5, 0.6) is 0 Å². The molecule has 0 aliphatic carbocycles. The molecule has 0 bridgehead atoms. The molecular formula is C50H28N4. The summed E-state index contributed by atoms with van der Waals surface area (Å²) in [5, 5.41) is 15.9. The molecule has 54 heavy (non-hydrogen) atoms. The van der Waals surface area contributed by atoms with Gasteiger partial charge in [-0.25, -0.2) is 9.97 Å². The average molecular weight is 685 g/mol. The first-order valence-electron chi connectivity index (χ1n) is 18.5. The molecular weight excluding hydrogens is 657 g/mol. The molecule has 0 aliphatic rings. The van der Waals surface area contributed by atoms with Crippen LogP contribution in [0.1, 0.15) is 0 Å². The second-order valence-electron chi connectivity index (χ2n) is 14.6. The van der Waals surface area contributed by atoms with Crippen molar-refractivity contribution in [2.75, 3.05) is 0 Å². The lowest BCUT2D eigenvalue weighted by Gasteiger charge is -2.13. The van der Waals surface area contributed by atoms with Gasteiger partial charge in [0.1, 0.15) is 5.82 Å². The number of para-hydroxylation sites is 3. The van der Waals surface area contributed by atoms with Crippen LogP contribution in [0.3, 0.4) is 0 Å². The van der Waals surface area contributed by atoms with Gasteiger partial charge in [0.2, 0.25) is 0 Å². The van der Waals surface area contributed by atoms with Crippen LogP contribution in [-0.2, 0) is 0 Å². The van der Waals surface area contributed by atoms with Gasteiger partial charge < -0.3 is 4.40 Å². The Bertz CT molecular complexity index is 3740. The van der Waals surface area contributed by atoms with Crippen molar-refractivity contribution in [3.8, 4) is 17.2 Å². The molecule has 0 saturated heterocycles. The third-order valence-electron chi connectivity index (χ3n) is 11.8. The van der Waals surface area contributed by atoms with Gasteiger partial charge in [-0.1, -0.05) is 121 Å². The highest BCUT2D eigenvalue weighted by Gasteiger charge is 2.25. The third kappa shape index (κ3) is 3.61. The molecule has 13 aromatic rings. The van der Waals surface area contributed by atoms with Crippen molar-refractivity contribution in [1.82, 2.24) is 18.9 Å². The van der Waals surface area contributed by atoms with Crippen molar-refractivity contribution in [2.45, 2.75) is 0 Å². The zero-order chi connectivity index (χ0) is 35.1. The van der Waals surface area contributed by atoms with Gasteiger partial charge in [-0.2, -0.15) is 0 Å². The number of nitrogens with zero attached hydrogens (tertiary/aromatic N) is 4. The van der Waals surface area contributed by atoms with Crippen LogP contribution in [0, 0.1) is 0 Å². The quantitative estimate of drug-likeness (QED) is 0.170. The number of hydrogen-bond acceptors (Lipinski definition) is 2. The maximum atomic E-state index is 5.53. The summed E-state index contributed by atoms with van der Waals surface area (Å²) in [5.74, 6) is 1.59. The Labute approximate surface area is 308 Å². The van der Waals surface area contributed by atoms with E-state index in [0.717, 1.165) is 33.3 Å². The summed E-state index contributed by atoms with van der Waals surface area (Å²) in [6.45, 7) is 0. The van der Waals surface area contributed by atoms with E-state index >= 15 is 0 Å². The lowest BCUT2D eigenvalue weighted by molar-refractivity contribution is 1.08. The molecule has 0 spiro atoms. The van der Waals surface area contributed by atoms with E-state index in [0.29, 0.717) is 5.82 Å². The Balaban J connectivity index is 1.20. The summed E-state index contributed by atoms with van der Waals surface area (Å²) in [7, 11) is 0. The topological polar surface area (TPSA) is 35.1 Å². The normalized spacial score (nSPS) is 12.4. The zero-order valence-corrected chi connectivity index (χ0v) is 29.0. The van der Waals surface area contributed by atoms with Crippen LogP contribution in [-0.4, -0.2) is 18.9 Å². The average Bonchev–Trinajstić information content (AvgIpc) is 3.86. The summed E-state index contributed by atoms with van der Waals surface area (Å²) in [6.07, 6.45) is 0. The second-order valence-corrected chi connectivity index (χ2v) is 14.6. The maximum absolute atomic E-state index is 5.53. The van der Waals surface area contributed by atoms with Gasteiger partial charge in [-0.15, -0.1) is 0 Å². The Morgan fingerprint density at radius 3 is 1.81 bits per heavy atom. The van der Waals surface area contributed by atoms with Crippen molar-refractivity contribution < 1.29 is 0 Å². The van der Waals surface area contributed by atoms with Gasteiger partial charge in [0.05, 0.1) is 33.1 Å². The van der Waals surface area contributed by atoms with Crippen molar-refractivity contribution in [3.05, 3.63) is 170 Å². The summed E-state index contributed by atoms with van der Waals surface area (Å²) >= 11 is 0. The number of benzene rings is 9. The standard InChI is InChI=1S/C50H28N4/c1-2-13-32-27-44-39(25-31(32)12-1)40-28-45-46(47-37-17-7-9-19-42(37)53(44)48(40)47)36-16-6-10-20-43(36)54(45)50-35-15-5-8-18-41(35)51-49(52-50)33-24-23-30-22-21-29-11-3-4-14-34(29)38(30)26-33/h1-28H. The highest BCUT2D eigenvalue weighted by Crippen LogP contribution is 2.47. The van der Waals surface area contributed by atoms with Crippen LogP contribution in [0.4, 0.5) is 0 Å². The molecule has 0 unspecified atom stereocenters. The predicted octanol–water partition coefficient (Wildman–Crippen LogP) is 13.0. The summed E-state index contributed by atoms with van der Waals surface area (Å²) in [4.78, 5) is 10.7. The first-order chi connectivity index (χ1) is 26.8. The second kappa shape index (κ2) is 10.2. The highest BCUT2D eigenvalue weighted by molar-refractivity contribution is 6.36. The van der Waals surface area contributed by atoms with Crippen molar-refractivity contribution >= 4 is 103 Å². The van der Waals surface area contributed by atoms with Gasteiger partial charge in [-0.3, -0.25) is 4.57 Å². The molecule has 9 aromatic carbocycles. The Kier molecular flexibility index (Phi) is 5.34. The molecule has 0 N–H and O–H groups in total. The Morgan fingerprint density at radius 2 is 0.981 bits per heavy atom. The molecule has 4 aromatic heterocycles. The van der Waals surface area contributed by atoms with E-state index in [-0.39, 0.29) is 0 Å². The fraction of sp³-hybridized carbons (Fsp3) is 0. The summed E-state index contributed by atoms with van der Waals surface area (Å²) in [5.41, 5.74) is 7.91. The lowest BCUT2D eigenvalue weighted by Crippen LogP contribution is -2.02. The minimum absolute atomic E-state index is 0.712. The van der Waals surface area contributed by atoms with E-state index in [1.807, 2.05) is 0 Å². The van der Waals surface area contributed by atoms with Crippen LogP contribution in [0.25, 0.3) is 120 Å². The van der Waals surface area contributed by atoms with Gasteiger partial charge in [-0.05, 0) is 80.8 Å². The largest absolute Gasteiger partial charge is 0.308 e. The van der Waals surface area contributed by atoms with Crippen LogP contribution in [0.15, 0.2) is 170 Å². The van der Waals surface area contributed by atoms with E-state index < -0.39 is 0 Å². The summed E-state index contributed by atoms with van der Waals surface area (Å²) in [6, 6.07) is 61.6. The van der Waals surface area contributed by atoms with Crippen LogP contribution >= 0.6 is 0 Å². The molecule has 0 atom stereocenters. The molecule has 248 valence electrons. The SMILES string of the molecule is c1ccc2cc3c(cc2c1)c1cc2c(c4ccccc4n2-c2nc(-c4ccc5ccc6ccccc6c5c4)nc4ccccc24)c2c4ccccc4n3c12. The minimum atomic E-state index is 0.712. The maximum Gasteiger partial charge on any atom is 0.162 e. The molecule has 0 aliphatic heterocycles. The van der Waals surface area contributed by atoms with Gasteiger partial charge in [0.25, 0.3) is 0 Å². The zero-order valence-electron chi connectivity index (χ0n) is 29.0. The molecule has 0 fully saturated rings. The number of aromatic nitrogens is 4. The van der Waals surface area contributed by atoms with Crippen molar-refractivity contribution in [3.63, 3.8) is 0 Å².